The fraction of sp³-hybridized carbons (Fsp3) is 0.192. The third kappa shape index (κ3) is 3.69. The quantitative estimate of drug-likeness (QED) is 0.350. The zero-order valence-corrected chi connectivity index (χ0v) is 19.7. The minimum Gasteiger partial charge on any atom is -0.335 e. The van der Waals surface area contributed by atoms with Crippen molar-refractivity contribution >= 4 is 33.4 Å². The summed E-state index contributed by atoms with van der Waals surface area (Å²) in [6.45, 7) is 3.27. The van der Waals surface area contributed by atoms with Crippen LogP contribution in [-0.4, -0.2) is 53.1 Å². The van der Waals surface area contributed by atoms with Gasteiger partial charge in [0, 0.05) is 52.9 Å². The van der Waals surface area contributed by atoms with E-state index >= 15 is 0 Å². The van der Waals surface area contributed by atoms with Crippen molar-refractivity contribution in [2.24, 2.45) is 0 Å². The van der Waals surface area contributed by atoms with Crippen LogP contribution in [0.5, 0.6) is 0 Å². The number of nitrogens with zero attached hydrogens (tertiary/aromatic N) is 6. The van der Waals surface area contributed by atoms with Crippen LogP contribution < -0.4 is 0 Å². The molecule has 1 fully saturated rings. The van der Waals surface area contributed by atoms with E-state index in [-0.39, 0.29) is 0 Å². The maximum absolute atomic E-state index is 4.93. The Morgan fingerprint density at radius 1 is 0.971 bits per heavy atom. The first-order valence-electron chi connectivity index (χ1n) is 11.7. The minimum atomic E-state index is 0.655. The molecule has 0 unspecified atom stereocenters. The molecule has 0 atom stereocenters. The summed E-state index contributed by atoms with van der Waals surface area (Å²) in [4.78, 5) is 25.5. The highest BCUT2D eigenvalue weighted by Gasteiger charge is 2.17. The largest absolute Gasteiger partial charge is 0.335 e. The van der Waals surface area contributed by atoms with E-state index in [2.05, 4.69) is 58.6 Å². The number of imidazole rings is 1. The Labute approximate surface area is 205 Å². The molecular weight excluding hydrogens is 456 g/mol. The SMILES string of the molecule is c1csc(-c2cncc3[nH]c(-c4[nH]nc5ncc(-c6cncc(CN7CCCC7)c6)cc45)nc23)c1. The fourth-order valence-electron chi connectivity index (χ4n) is 4.83. The summed E-state index contributed by atoms with van der Waals surface area (Å²) in [6.07, 6.45) is 12.0. The molecule has 0 aromatic carbocycles. The minimum absolute atomic E-state index is 0.655. The first-order chi connectivity index (χ1) is 17.3. The van der Waals surface area contributed by atoms with Gasteiger partial charge in [0.2, 0.25) is 0 Å². The van der Waals surface area contributed by atoms with Crippen LogP contribution in [0.2, 0.25) is 0 Å². The second-order valence-corrected chi connectivity index (χ2v) is 9.85. The van der Waals surface area contributed by atoms with Crippen LogP contribution in [0.1, 0.15) is 18.4 Å². The monoisotopic (exact) mass is 478 g/mol. The lowest BCUT2D eigenvalue weighted by Crippen LogP contribution is -2.18. The zero-order valence-electron chi connectivity index (χ0n) is 18.9. The molecule has 1 saturated heterocycles. The molecule has 9 heteroatoms. The van der Waals surface area contributed by atoms with Crippen molar-refractivity contribution in [2.75, 3.05) is 13.1 Å². The number of likely N-dealkylation sites (tertiary alicyclic amines) is 1. The summed E-state index contributed by atoms with van der Waals surface area (Å²) in [5.41, 5.74) is 7.54. The molecule has 172 valence electrons. The molecule has 0 amide bonds. The Hall–Kier alpha value is -3.95. The highest BCUT2D eigenvalue weighted by Crippen LogP contribution is 2.33. The Morgan fingerprint density at radius 3 is 2.74 bits per heavy atom. The second kappa shape index (κ2) is 8.37. The van der Waals surface area contributed by atoms with Gasteiger partial charge in [-0.25, -0.2) is 9.97 Å². The van der Waals surface area contributed by atoms with Gasteiger partial charge < -0.3 is 4.98 Å². The van der Waals surface area contributed by atoms with Gasteiger partial charge in [0.25, 0.3) is 0 Å². The predicted octanol–water partition coefficient (Wildman–Crippen LogP) is 5.28. The van der Waals surface area contributed by atoms with Crippen LogP contribution in [0.15, 0.2) is 60.6 Å². The van der Waals surface area contributed by atoms with E-state index in [1.165, 1.54) is 18.4 Å². The average Bonchev–Trinajstić information content (AvgIpc) is 3.70. The Kier molecular flexibility index (Phi) is 4.88. The van der Waals surface area contributed by atoms with E-state index in [9.17, 15) is 0 Å². The lowest BCUT2D eigenvalue weighted by molar-refractivity contribution is 0.331. The van der Waals surface area contributed by atoms with Crippen LogP contribution in [-0.2, 0) is 6.54 Å². The molecule has 7 heterocycles. The van der Waals surface area contributed by atoms with Crippen molar-refractivity contribution in [3.05, 3.63) is 66.2 Å². The van der Waals surface area contributed by atoms with Gasteiger partial charge in [-0.1, -0.05) is 6.07 Å². The van der Waals surface area contributed by atoms with E-state index in [1.54, 1.807) is 11.3 Å². The van der Waals surface area contributed by atoms with Crippen LogP contribution in [0.4, 0.5) is 0 Å². The van der Waals surface area contributed by atoms with Crippen LogP contribution in [0, 0.1) is 0 Å². The lowest BCUT2D eigenvalue weighted by Gasteiger charge is -2.14. The molecule has 0 aliphatic carbocycles. The standard InChI is InChI=1S/C26H22N8S/c1-2-6-34(5-1)15-16-8-17(11-27-10-16)18-9-19-24(32-33-25(19)29-12-18)26-30-21-14-28-13-20(23(21)31-26)22-4-3-7-35-22/h3-4,7-14H,1-2,5-6,15H2,(H,30,31)(H,29,32,33). The number of aromatic amines is 2. The van der Waals surface area contributed by atoms with Gasteiger partial charge in [-0.3, -0.25) is 20.0 Å². The summed E-state index contributed by atoms with van der Waals surface area (Å²) >= 11 is 1.68. The molecule has 7 rings (SSSR count). The smallest absolute Gasteiger partial charge is 0.181 e. The average molecular weight is 479 g/mol. The van der Waals surface area contributed by atoms with E-state index < -0.39 is 0 Å². The molecule has 8 nitrogen and oxygen atoms in total. The molecule has 1 aliphatic rings. The van der Waals surface area contributed by atoms with Gasteiger partial charge in [0.1, 0.15) is 11.2 Å². The van der Waals surface area contributed by atoms with Gasteiger partial charge in [-0.2, -0.15) is 5.10 Å². The van der Waals surface area contributed by atoms with Crippen molar-refractivity contribution in [1.82, 2.24) is 40.0 Å². The van der Waals surface area contributed by atoms with Crippen molar-refractivity contribution in [2.45, 2.75) is 19.4 Å². The first-order valence-corrected chi connectivity index (χ1v) is 12.6. The summed E-state index contributed by atoms with van der Waals surface area (Å²) in [5, 5.41) is 10.5. The molecule has 6 aromatic rings. The summed E-state index contributed by atoms with van der Waals surface area (Å²) < 4.78 is 0. The van der Waals surface area contributed by atoms with Crippen molar-refractivity contribution in [1.29, 1.82) is 0 Å². The summed E-state index contributed by atoms with van der Waals surface area (Å²) in [6, 6.07) is 8.46. The van der Waals surface area contributed by atoms with E-state index in [0.717, 1.165) is 63.3 Å². The van der Waals surface area contributed by atoms with Crippen LogP contribution in [0.25, 0.3) is 55.2 Å². The van der Waals surface area contributed by atoms with Gasteiger partial charge in [0.15, 0.2) is 11.5 Å². The molecule has 1 aliphatic heterocycles. The summed E-state index contributed by atoms with van der Waals surface area (Å²) in [7, 11) is 0. The Morgan fingerprint density at radius 2 is 1.86 bits per heavy atom. The predicted molar refractivity (Wildman–Crippen MR) is 138 cm³/mol. The normalized spacial score (nSPS) is 14.4. The molecule has 0 bridgehead atoms. The third-order valence-electron chi connectivity index (χ3n) is 6.56. The van der Waals surface area contributed by atoms with Gasteiger partial charge in [0.05, 0.1) is 17.1 Å². The Balaban J connectivity index is 1.28. The molecular formula is C26H22N8S. The van der Waals surface area contributed by atoms with Crippen LogP contribution in [0.3, 0.4) is 0 Å². The topological polar surface area (TPSA) is 99.3 Å². The second-order valence-electron chi connectivity index (χ2n) is 8.90. The molecule has 2 N–H and O–H groups in total. The highest BCUT2D eigenvalue weighted by atomic mass is 32.1. The van der Waals surface area contributed by atoms with E-state index in [1.807, 2.05) is 37.1 Å². The number of nitrogens with one attached hydrogen (secondary N) is 2. The maximum Gasteiger partial charge on any atom is 0.181 e. The van der Waals surface area contributed by atoms with Gasteiger partial charge in [-0.05, 0) is 55.1 Å². The first kappa shape index (κ1) is 20.4. The Bertz CT molecular complexity index is 1640. The van der Waals surface area contributed by atoms with Crippen molar-refractivity contribution < 1.29 is 0 Å². The number of aromatic nitrogens is 7. The van der Waals surface area contributed by atoms with Gasteiger partial charge in [-0.15, -0.1) is 11.3 Å². The molecule has 6 aromatic heterocycles. The van der Waals surface area contributed by atoms with E-state index in [4.69, 9.17) is 4.98 Å². The van der Waals surface area contributed by atoms with Crippen LogP contribution >= 0.6 is 11.3 Å². The number of hydrogen-bond donors (Lipinski definition) is 2. The number of thiophene rings is 1. The highest BCUT2D eigenvalue weighted by molar-refractivity contribution is 7.13. The molecule has 0 saturated carbocycles. The van der Waals surface area contributed by atoms with Crippen molar-refractivity contribution in [3.63, 3.8) is 0 Å². The zero-order chi connectivity index (χ0) is 23.2. The number of pyridine rings is 3. The maximum atomic E-state index is 4.93. The lowest BCUT2D eigenvalue weighted by atomic mass is 10.1. The molecule has 35 heavy (non-hydrogen) atoms. The number of fused-ring (bicyclic) bond motifs is 2. The third-order valence-corrected chi connectivity index (χ3v) is 7.46. The number of hydrogen-bond acceptors (Lipinski definition) is 7. The fourth-order valence-corrected chi connectivity index (χ4v) is 5.57. The number of H-pyrrole nitrogens is 2. The summed E-state index contributed by atoms with van der Waals surface area (Å²) in [5.74, 6) is 0.716. The van der Waals surface area contributed by atoms with E-state index in [0.29, 0.717) is 11.5 Å². The molecule has 0 radical (unpaired) electrons. The molecule has 0 spiro atoms. The number of rotatable bonds is 5. The van der Waals surface area contributed by atoms with Gasteiger partial charge >= 0.3 is 0 Å². The van der Waals surface area contributed by atoms with Crippen molar-refractivity contribution in [3.8, 4) is 33.1 Å².